The Bertz CT molecular complexity index is 790. The number of nitrogens with one attached hydrogen (secondary N) is 1. The smallest absolute Gasteiger partial charge is 0.313 e. The summed E-state index contributed by atoms with van der Waals surface area (Å²) < 4.78 is 0. The lowest BCUT2D eigenvalue weighted by Gasteiger charge is -2.08. The largest absolute Gasteiger partial charge is 0.481 e. The van der Waals surface area contributed by atoms with Gasteiger partial charge < -0.3 is 10.4 Å². The van der Waals surface area contributed by atoms with Gasteiger partial charge in [0.2, 0.25) is 5.91 Å². The Kier molecular flexibility index (Phi) is 5.43. The first-order valence-electron chi connectivity index (χ1n) is 8.29. The molecule has 1 aliphatic carbocycles. The van der Waals surface area contributed by atoms with Crippen molar-refractivity contribution in [2.75, 3.05) is 11.1 Å². The van der Waals surface area contributed by atoms with E-state index in [-0.39, 0.29) is 17.6 Å². The third kappa shape index (κ3) is 4.63. The van der Waals surface area contributed by atoms with Crippen LogP contribution in [0.3, 0.4) is 0 Å². The van der Waals surface area contributed by atoms with Crippen LogP contribution in [-0.4, -0.2) is 22.7 Å². The second-order valence-electron chi connectivity index (χ2n) is 6.38. The van der Waals surface area contributed by atoms with Gasteiger partial charge in [-0.25, -0.2) is 0 Å². The van der Waals surface area contributed by atoms with Crippen LogP contribution in [0.4, 0.5) is 5.69 Å². The van der Waals surface area contributed by atoms with Gasteiger partial charge in [-0.3, -0.25) is 9.59 Å². The summed E-state index contributed by atoms with van der Waals surface area (Å²) in [6.07, 6.45) is 0.894. The summed E-state index contributed by atoms with van der Waals surface area (Å²) in [5.41, 5.74) is 4.28. The number of thioether (sulfide) groups is 1. The molecule has 5 heteroatoms. The summed E-state index contributed by atoms with van der Waals surface area (Å²) in [5.74, 6) is 0.290. The zero-order chi connectivity index (χ0) is 17.8. The van der Waals surface area contributed by atoms with E-state index in [4.69, 9.17) is 5.11 Å². The number of carboxylic acids is 1. The number of carbonyl (C=O) groups excluding carboxylic acids is 1. The van der Waals surface area contributed by atoms with Crippen molar-refractivity contribution < 1.29 is 14.7 Å². The minimum absolute atomic E-state index is 0.0335. The Morgan fingerprint density at radius 1 is 1.20 bits per heavy atom. The van der Waals surface area contributed by atoms with Crippen LogP contribution in [0.15, 0.2) is 48.5 Å². The summed E-state index contributed by atoms with van der Waals surface area (Å²) in [5, 5.41) is 11.7. The second kappa shape index (κ2) is 7.74. The maximum Gasteiger partial charge on any atom is 0.313 e. The van der Waals surface area contributed by atoms with Crippen LogP contribution in [-0.2, 0) is 15.3 Å². The molecule has 0 radical (unpaired) electrons. The Hall–Kier alpha value is -2.27. The molecule has 1 saturated carbocycles. The summed E-state index contributed by atoms with van der Waals surface area (Å²) in [6.45, 7) is 2.08. The van der Waals surface area contributed by atoms with Crippen molar-refractivity contribution in [1.82, 2.24) is 0 Å². The highest BCUT2D eigenvalue weighted by Gasteiger charge is 2.44. The van der Waals surface area contributed by atoms with E-state index in [1.165, 1.54) is 22.9 Å². The van der Waals surface area contributed by atoms with Crippen molar-refractivity contribution >= 4 is 29.3 Å². The molecule has 0 heterocycles. The Morgan fingerprint density at radius 3 is 2.76 bits per heavy atom. The lowest BCUT2D eigenvalue weighted by Crippen LogP contribution is -2.14. The number of rotatable bonds is 7. The Balaban J connectivity index is 1.57. The van der Waals surface area contributed by atoms with E-state index in [2.05, 4.69) is 24.4 Å². The maximum absolute atomic E-state index is 12.5. The first kappa shape index (κ1) is 17.5. The predicted molar refractivity (Wildman–Crippen MR) is 101 cm³/mol. The molecule has 130 valence electrons. The number of aliphatic carboxylic acids is 1. The van der Waals surface area contributed by atoms with Gasteiger partial charge in [-0.1, -0.05) is 36.4 Å². The minimum atomic E-state index is -0.814. The number of aryl methyl sites for hydroxylation is 1. The molecule has 2 atom stereocenters. The first-order chi connectivity index (χ1) is 12.0. The van der Waals surface area contributed by atoms with E-state index in [9.17, 15) is 9.59 Å². The zero-order valence-electron chi connectivity index (χ0n) is 14.1. The predicted octanol–water partition coefficient (Wildman–Crippen LogP) is 4.06. The molecule has 0 saturated heterocycles. The van der Waals surface area contributed by atoms with Crippen molar-refractivity contribution in [3.63, 3.8) is 0 Å². The fourth-order valence-corrected chi connectivity index (χ4v) is 3.75. The third-order valence-corrected chi connectivity index (χ3v) is 5.39. The molecule has 25 heavy (non-hydrogen) atoms. The molecule has 2 unspecified atom stereocenters. The van der Waals surface area contributed by atoms with Crippen molar-refractivity contribution in [3.8, 4) is 0 Å². The third-order valence-electron chi connectivity index (χ3n) is 4.40. The van der Waals surface area contributed by atoms with E-state index in [0.29, 0.717) is 11.7 Å². The van der Waals surface area contributed by atoms with Gasteiger partial charge in [0.15, 0.2) is 0 Å². The average molecular weight is 355 g/mol. The molecule has 1 fully saturated rings. The molecular weight excluding hydrogens is 334 g/mol. The van der Waals surface area contributed by atoms with E-state index in [1.807, 2.05) is 36.4 Å². The van der Waals surface area contributed by atoms with Crippen LogP contribution in [0.5, 0.6) is 0 Å². The molecule has 0 spiro atoms. The topological polar surface area (TPSA) is 66.4 Å². The van der Waals surface area contributed by atoms with Gasteiger partial charge >= 0.3 is 5.97 Å². The van der Waals surface area contributed by atoms with Crippen LogP contribution < -0.4 is 5.32 Å². The average Bonchev–Trinajstić information content (AvgIpc) is 3.36. The molecule has 0 aromatic heterocycles. The minimum Gasteiger partial charge on any atom is -0.481 e. The highest BCUT2D eigenvalue weighted by Crippen LogP contribution is 2.48. The first-order valence-corrected chi connectivity index (χ1v) is 9.45. The van der Waals surface area contributed by atoms with Gasteiger partial charge in [-0.15, -0.1) is 11.8 Å². The van der Waals surface area contributed by atoms with Gasteiger partial charge in [-0.05, 0) is 48.1 Å². The fourth-order valence-electron chi connectivity index (χ4n) is 3.06. The van der Waals surface area contributed by atoms with Crippen LogP contribution in [0.1, 0.15) is 29.0 Å². The Morgan fingerprint density at radius 2 is 2.00 bits per heavy atom. The second-order valence-corrected chi connectivity index (χ2v) is 7.37. The zero-order valence-corrected chi connectivity index (χ0v) is 14.9. The van der Waals surface area contributed by atoms with Crippen LogP contribution in [0.2, 0.25) is 0 Å². The number of amides is 1. The molecule has 2 N–H and O–H groups in total. The van der Waals surface area contributed by atoms with Gasteiger partial charge in [0.25, 0.3) is 0 Å². The normalized spacial score (nSPS) is 18.6. The van der Waals surface area contributed by atoms with Gasteiger partial charge in [0.1, 0.15) is 0 Å². The molecule has 3 rings (SSSR count). The van der Waals surface area contributed by atoms with E-state index >= 15 is 0 Å². The highest BCUT2D eigenvalue weighted by molar-refractivity contribution is 7.99. The summed E-state index contributed by atoms with van der Waals surface area (Å²) in [7, 11) is 0. The molecule has 0 aliphatic heterocycles. The fraction of sp³-hybridized carbons (Fsp3) is 0.300. The number of hydrogen-bond acceptors (Lipinski definition) is 3. The molecule has 2 aromatic carbocycles. The lowest BCUT2D eigenvalue weighted by molar-refractivity contribution is -0.133. The monoisotopic (exact) mass is 355 g/mol. The van der Waals surface area contributed by atoms with E-state index in [1.54, 1.807) is 0 Å². The summed E-state index contributed by atoms with van der Waals surface area (Å²) in [6, 6.07) is 15.8. The molecule has 0 bridgehead atoms. The van der Waals surface area contributed by atoms with Crippen molar-refractivity contribution in [1.29, 1.82) is 0 Å². The van der Waals surface area contributed by atoms with Crippen molar-refractivity contribution in [2.45, 2.75) is 25.0 Å². The number of anilines is 1. The lowest BCUT2D eigenvalue weighted by atomic mass is 10.0. The molecular formula is C20H21NO3S. The van der Waals surface area contributed by atoms with Gasteiger partial charge in [0, 0.05) is 17.4 Å². The number of benzene rings is 2. The van der Waals surface area contributed by atoms with E-state index in [0.717, 1.165) is 17.7 Å². The number of carboxylic acid groups (broad SMARTS) is 1. The van der Waals surface area contributed by atoms with Crippen LogP contribution in [0, 0.1) is 12.8 Å². The SMILES string of the molecule is Cc1ccccc1C1CC1C(=O)Nc1cccc(CSCC(=O)O)c1. The van der Waals surface area contributed by atoms with Gasteiger partial charge in [0.05, 0.1) is 5.75 Å². The van der Waals surface area contributed by atoms with Crippen LogP contribution in [0.25, 0.3) is 0 Å². The van der Waals surface area contributed by atoms with Crippen molar-refractivity contribution in [3.05, 3.63) is 65.2 Å². The van der Waals surface area contributed by atoms with Crippen LogP contribution >= 0.6 is 11.8 Å². The quantitative estimate of drug-likeness (QED) is 0.786. The molecule has 4 nitrogen and oxygen atoms in total. The van der Waals surface area contributed by atoms with Gasteiger partial charge in [-0.2, -0.15) is 0 Å². The maximum atomic E-state index is 12.5. The number of carbonyl (C=O) groups is 2. The molecule has 1 aliphatic rings. The standard InChI is InChI=1S/C20H21NO3S/c1-13-5-2-3-8-16(13)17-10-18(17)20(24)21-15-7-4-6-14(9-15)11-25-12-19(22)23/h2-9,17-18H,10-12H2,1H3,(H,21,24)(H,22,23). The summed E-state index contributed by atoms with van der Waals surface area (Å²) >= 11 is 1.35. The summed E-state index contributed by atoms with van der Waals surface area (Å²) in [4.78, 5) is 23.1. The Labute approximate surface area is 151 Å². The molecule has 1 amide bonds. The number of hydrogen-bond donors (Lipinski definition) is 2. The molecule has 2 aromatic rings. The van der Waals surface area contributed by atoms with E-state index < -0.39 is 5.97 Å². The van der Waals surface area contributed by atoms with Crippen molar-refractivity contribution in [2.24, 2.45) is 5.92 Å². The highest BCUT2D eigenvalue weighted by atomic mass is 32.2.